The first-order valence-corrected chi connectivity index (χ1v) is 11.6. The summed E-state index contributed by atoms with van der Waals surface area (Å²) < 4.78 is 5.64. The fraction of sp³-hybridized carbons (Fsp3) is 0.391. The van der Waals surface area contributed by atoms with E-state index in [4.69, 9.17) is 14.7 Å². The Hall–Kier alpha value is -3.20. The molecular weight excluding hydrogens is 424 g/mol. The molecule has 3 N–H and O–H groups in total. The van der Waals surface area contributed by atoms with Crippen LogP contribution in [0.2, 0.25) is 0 Å². The van der Waals surface area contributed by atoms with E-state index in [1.165, 1.54) is 10.4 Å². The molecule has 0 bridgehead atoms. The maximum absolute atomic E-state index is 12.2. The minimum atomic E-state index is 0.0121. The van der Waals surface area contributed by atoms with Crippen molar-refractivity contribution >= 4 is 49.9 Å². The Kier molecular flexibility index (Phi) is 5.21. The molecule has 166 valence electrons. The fourth-order valence-electron chi connectivity index (χ4n) is 4.34. The SMILES string of the molecule is CNC(=O)C1CCc2c(sc3nc(C(C)C)nc(Nc4cc5cn[nH]c5cc4OC)c23)C1. The number of benzene rings is 1. The van der Waals surface area contributed by atoms with Crippen molar-refractivity contribution in [3.05, 3.63) is 34.6 Å². The number of nitrogens with zero attached hydrogens (tertiary/aromatic N) is 3. The lowest BCUT2D eigenvalue weighted by atomic mass is 9.87. The van der Waals surface area contributed by atoms with Crippen LogP contribution in [0, 0.1) is 5.92 Å². The first-order chi connectivity index (χ1) is 15.5. The minimum Gasteiger partial charge on any atom is -0.494 e. The van der Waals surface area contributed by atoms with Gasteiger partial charge in [-0.3, -0.25) is 9.89 Å². The molecule has 0 radical (unpaired) electrons. The Morgan fingerprint density at radius 1 is 1.31 bits per heavy atom. The number of anilines is 2. The summed E-state index contributed by atoms with van der Waals surface area (Å²) in [4.78, 5) is 24.2. The third-order valence-corrected chi connectivity index (χ3v) is 7.22. The van der Waals surface area contributed by atoms with Crippen LogP contribution in [0.4, 0.5) is 11.5 Å². The normalized spacial score (nSPS) is 15.8. The monoisotopic (exact) mass is 450 g/mol. The van der Waals surface area contributed by atoms with E-state index < -0.39 is 0 Å². The molecule has 5 rings (SSSR count). The highest BCUT2D eigenvalue weighted by atomic mass is 32.1. The van der Waals surface area contributed by atoms with Gasteiger partial charge in [0.25, 0.3) is 0 Å². The van der Waals surface area contributed by atoms with E-state index >= 15 is 0 Å². The Labute approximate surface area is 189 Å². The number of amides is 1. The lowest BCUT2D eigenvalue weighted by molar-refractivity contribution is -0.124. The molecule has 1 aromatic carbocycles. The van der Waals surface area contributed by atoms with Gasteiger partial charge in [-0.25, -0.2) is 9.97 Å². The predicted molar refractivity (Wildman–Crippen MR) is 127 cm³/mol. The first kappa shape index (κ1) is 20.7. The van der Waals surface area contributed by atoms with Crippen molar-refractivity contribution in [1.29, 1.82) is 0 Å². The number of methoxy groups -OCH3 is 1. The number of rotatable bonds is 5. The van der Waals surface area contributed by atoms with E-state index in [1.54, 1.807) is 31.7 Å². The van der Waals surface area contributed by atoms with Gasteiger partial charge in [-0.15, -0.1) is 11.3 Å². The standard InChI is InChI=1S/C23H26N6O2S/c1-11(2)20-27-21(26-16-7-13-10-25-29-15(13)9-17(16)31-4)19-14-6-5-12(22(30)24-3)8-18(14)32-23(19)28-20/h7,9-12H,5-6,8H2,1-4H3,(H,24,30)(H,25,29)(H,26,27,28). The van der Waals surface area contributed by atoms with Gasteiger partial charge in [-0.05, 0) is 30.9 Å². The minimum absolute atomic E-state index is 0.0121. The van der Waals surface area contributed by atoms with Crippen molar-refractivity contribution in [2.45, 2.75) is 39.0 Å². The first-order valence-electron chi connectivity index (χ1n) is 10.8. The number of hydrogen-bond acceptors (Lipinski definition) is 7. The molecule has 3 heterocycles. The number of hydrogen-bond donors (Lipinski definition) is 3. The van der Waals surface area contributed by atoms with Crippen LogP contribution >= 0.6 is 11.3 Å². The number of aryl methyl sites for hydroxylation is 1. The van der Waals surface area contributed by atoms with Crippen molar-refractivity contribution in [3.63, 3.8) is 0 Å². The van der Waals surface area contributed by atoms with Crippen LogP contribution in [-0.4, -0.2) is 40.2 Å². The molecule has 8 nitrogen and oxygen atoms in total. The number of carbonyl (C=O) groups excluding carboxylic acids is 1. The van der Waals surface area contributed by atoms with Crippen LogP contribution in [0.1, 0.15) is 42.5 Å². The Bertz CT molecular complexity index is 1330. The fourth-order valence-corrected chi connectivity index (χ4v) is 5.64. The van der Waals surface area contributed by atoms with E-state index in [2.05, 4.69) is 34.7 Å². The van der Waals surface area contributed by atoms with Gasteiger partial charge in [0.1, 0.15) is 22.2 Å². The number of aromatic nitrogens is 4. The quantitative estimate of drug-likeness (QED) is 0.419. The molecule has 3 aromatic heterocycles. The number of nitrogens with one attached hydrogen (secondary N) is 3. The van der Waals surface area contributed by atoms with Gasteiger partial charge in [0.15, 0.2) is 0 Å². The highest BCUT2D eigenvalue weighted by molar-refractivity contribution is 7.19. The molecule has 1 aliphatic rings. The van der Waals surface area contributed by atoms with Crippen LogP contribution in [0.5, 0.6) is 5.75 Å². The second-order valence-corrected chi connectivity index (χ2v) is 9.54. The van der Waals surface area contributed by atoms with Gasteiger partial charge in [-0.2, -0.15) is 5.10 Å². The molecule has 0 aliphatic heterocycles. The summed E-state index contributed by atoms with van der Waals surface area (Å²) in [7, 11) is 3.36. The summed E-state index contributed by atoms with van der Waals surface area (Å²) in [6.45, 7) is 4.19. The summed E-state index contributed by atoms with van der Waals surface area (Å²) in [5.74, 6) is 2.61. The number of carbonyl (C=O) groups is 1. The number of thiophene rings is 1. The van der Waals surface area contributed by atoms with Crippen LogP contribution in [0.3, 0.4) is 0 Å². The molecule has 0 fully saturated rings. The van der Waals surface area contributed by atoms with Crippen LogP contribution in [0.25, 0.3) is 21.1 Å². The summed E-state index contributed by atoms with van der Waals surface area (Å²) in [5, 5.41) is 15.5. The third-order valence-electron chi connectivity index (χ3n) is 6.07. The van der Waals surface area contributed by atoms with Crippen molar-refractivity contribution in [1.82, 2.24) is 25.5 Å². The Balaban J connectivity index is 1.64. The molecule has 1 unspecified atom stereocenters. The topological polar surface area (TPSA) is 105 Å². The van der Waals surface area contributed by atoms with Gasteiger partial charge in [0, 0.05) is 35.2 Å². The average molecular weight is 451 g/mol. The molecule has 4 aromatic rings. The molecule has 0 saturated heterocycles. The second-order valence-electron chi connectivity index (χ2n) is 8.46. The zero-order chi connectivity index (χ0) is 22.4. The number of aromatic amines is 1. The Morgan fingerprint density at radius 2 is 2.16 bits per heavy atom. The summed E-state index contributed by atoms with van der Waals surface area (Å²) in [5.41, 5.74) is 3.00. The molecule has 1 aliphatic carbocycles. The van der Waals surface area contributed by atoms with E-state index in [9.17, 15) is 4.79 Å². The number of H-pyrrole nitrogens is 1. The maximum atomic E-state index is 12.2. The second kappa shape index (κ2) is 8.05. The molecule has 32 heavy (non-hydrogen) atoms. The molecule has 0 spiro atoms. The summed E-state index contributed by atoms with van der Waals surface area (Å²) >= 11 is 1.68. The van der Waals surface area contributed by atoms with Crippen LogP contribution < -0.4 is 15.4 Å². The van der Waals surface area contributed by atoms with Gasteiger partial charge in [0.2, 0.25) is 5.91 Å². The van der Waals surface area contributed by atoms with Crippen molar-refractivity contribution in [3.8, 4) is 5.75 Å². The highest BCUT2D eigenvalue weighted by Gasteiger charge is 2.29. The van der Waals surface area contributed by atoms with Crippen LogP contribution in [0.15, 0.2) is 18.3 Å². The maximum Gasteiger partial charge on any atom is 0.223 e. The molecule has 1 amide bonds. The van der Waals surface area contributed by atoms with E-state index in [0.29, 0.717) is 5.75 Å². The zero-order valence-corrected chi connectivity index (χ0v) is 19.4. The average Bonchev–Trinajstić information content (AvgIpc) is 3.40. The number of fused-ring (bicyclic) bond motifs is 4. The van der Waals surface area contributed by atoms with Crippen molar-refractivity contribution in [2.75, 3.05) is 19.5 Å². The van der Waals surface area contributed by atoms with E-state index in [0.717, 1.165) is 57.7 Å². The summed E-state index contributed by atoms with van der Waals surface area (Å²) in [6, 6.07) is 3.95. The van der Waals surface area contributed by atoms with Gasteiger partial charge in [0.05, 0.1) is 29.9 Å². The molecular formula is C23H26N6O2S. The van der Waals surface area contributed by atoms with E-state index in [1.807, 2.05) is 12.1 Å². The lowest BCUT2D eigenvalue weighted by Gasteiger charge is -2.21. The van der Waals surface area contributed by atoms with Crippen LogP contribution in [-0.2, 0) is 17.6 Å². The van der Waals surface area contributed by atoms with Gasteiger partial charge >= 0.3 is 0 Å². The lowest BCUT2D eigenvalue weighted by Crippen LogP contribution is -2.31. The zero-order valence-electron chi connectivity index (χ0n) is 18.6. The largest absolute Gasteiger partial charge is 0.494 e. The van der Waals surface area contributed by atoms with Crippen molar-refractivity contribution in [2.24, 2.45) is 5.92 Å². The molecule has 0 saturated carbocycles. The van der Waals surface area contributed by atoms with Gasteiger partial charge < -0.3 is 15.4 Å². The summed E-state index contributed by atoms with van der Waals surface area (Å²) in [6.07, 6.45) is 4.20. The smallest absolute Gasteiger partial charge is 0.223 e. The predicted octanol–water partition coefficient (Wildman–Crippen LogP) is 4.29. The Morgan fingerprint density at radius 3 is 2.91 bits per heavy atom. The van der Waals surface area contributed by atoms with Gasteiger partial charge in [-0.1, -0.05) is 13.8 Å². The molecule has 9 heteroatoms. The molecule has 1 atom stereocenters. The third kappa shape index (κ3) is 3.46. The highest BCUT2D eigenvalue weighted by Crippen LogP contribution is 2.42. The van der Waals surface area contributed by atoms with E-state index in [-0.39, 0.29) is 17.7 Å². The van der Waals surface area contributed by atoms with Crippen molar-refractivity contribution < 1.29 is 9.53 Å². The number of ether oxygens (including phenoxy) is 1.